The lowest BCUT2D eigenvalue weighted by Crippen LogP contribution is -2.25. The molecule has 0 saturated heterocycles. The van der Waals surface area contributed by atoms with Gasteiger partial charge in [0.15, 0.2) is 0 Å². The molecule has 0 aromatic heterocycles. The number of benzene rings is 2. The number of rotatable bonds is 6. The Labute approximate surface area is 152 Å². The van der Waals surface area contributed by atoms with Crippen molar-refractivity contribution in [2.24, 2.45) is 0 Å². The predicted molar refractivity (Wildman–Crippen MR) is 96.6 cm³/mol. The molecule has 0 radical (unpaired) electrons. The van der Waals surface area contributed by atoms with E-state index in [4.69, 9.17) is 26.2 Å². The van der Waals surface area contributed by atoms with Crippen LogP contribution in [-0.4, -0.2) is 16.7 Å². The molecule has 0 unspecified atom stereocenters. The molecule has 25 heavy (non-hydrogen) atoms. The van der Waals surface area contributed by atoms with E-state index >= 15 is 0 Å². The van der Waals surface area contributed by atoms with Crippen molar-refractivity contribution in [3.8, 4) is 11.5 Å². The summed E-state index contributed by atoms with van der Waals surface area (Å²) in [4.78, 5) is 10.6. The van der Waals surface area contributed by atoms with E-state index in [0.29, 0.717) is 18.1 Å². The normalized spacial score (nSPS) is 14.7. The maximum absolute atomic E-state index is 10.6. The lowest BCUT2D eigenvalue weighted by Gasteiger charge is -2.18. The van der Waals surface area contributed by atoms with Gasteiger partial charge in [-0.1, -0.05) is 23.7 Å². The number of halogens is 1. The van der Waals surface area contributed by atoms with Crippen LogP contribution in [0, 0.1) is 0 Å². The molecule has 0 fully saturated rings. The Balaban J connectivity index is 1.67. The second-order valence-electron chi connectivity index (χ2n) is 6.92. The van der Waals surface area contributed by atoms with Crippen LogP contribution < -0.4 is 9.47 Å². The van der Waals surface area contributed by atoms with Crippen molar-refractivity contribution in [3.05, 3.63) is 58.1 Å². The summed E-state index contributed by atoms with van der Waals surface area (Å²) in [5, 5.41) is 9.41. The first-order valence-corrected chi connectivity index (χ1v) is 8.64. The van der Waals surface area contributed by atoms with Crippen LogP contribution >= 0.6 is 11.6 Å². The third kappa shape index (κ3) is 4.45. The number of hydrogen-bond acceptors (Lipinski definition) is 3. The van der Waals surface area contributed by atoms with Gasteiger partial charge in [-0.2, -0.15) is 0 Å². The molecular weight excluding hydrogens is 340 g/mol. The summed E-state index contributed by atoms with van der Waals surface area (Å²) in [5.41, 5.74) is 2.79. The lowest BCUT2D eigenvalue weighted by molar-refractivity contribution is -0.136. The van der Waals surface area contributed by atoms with Crippen LogP contribution in [0.1, 0.15) is 37.0 Å². The molecule has 1 N–H and O–H groups in total. The summed E-state index contributed by atoms with van der Waals surface area (Å²) in [6.07, 6.45) is 1.47. The zero-order valence-corrected chi connectivity index (χ0v) is 15.1. The monoisotopic (exact) mass is 360 g/mol. The van der Waals surface area contributed by atoms with Gasteiger partial charge >= 0.3 is 5.97 Å². The first-order chi connectivity index (χ1) is 11.8. The van der Waals surface area contributed by atoms with Crippen LogP contribution in [0.15, 0.2) is 36.4 Å². The highest BCUT2D eigenvalue weighted by Crippen LogP contribution is 2.40. The Hall–Kier alpha value is -2.20. The molecule has 5 heteroatoms. The van der Waals surface area contributed by atoms with E-state index < -0.39 is 5.97 Å². The van der Waals surface area contributed by atoms with E-state index in [1.54, 1.807) is 0 Å². The maximum Gasteiger partial charge on any atom is 0.303 e. The lowest BCUT2D eigenvalue weighted by atomic mass is 10.0. The van der Waals surface area contributed by atoms with Crippen LogP contribution in [0.5, 0.6) is 11.5 Å². The first kappa shape index (κ1) is 17.6. The SMILES string of the molecule is CC1(C)Cc2cc(Cl)cc(COc3ccc(CCC(=O)O)cc3)c2O1. The quantitative estimate of drug-likeness (QED) is 0.814. The van der Waals surface area contributed by atoms with Crippen molar-refractivity contribution in [2.45, 2.75) is 45.3 Å². The number of fused-ring (bicyclic) bond motifs is 1. The predicted octanol–water partition coefficient (Wildman–Crippen LogP) is 4.65. The fourth-order valence-corrected chi connectivity index (χ4v) is 3.28. The molecule has 1 aliphatic heterocycles. The molecule has 4 nitrogen and oxygen atoms in total. The van der Waals surface area contributed by atoms with Gasteiger partial charge < -0.3 is 14.6 Å². The Morgan fingerprint density at radius 2 is 2.00 bits per heavy atom. The zero-order valence-electron chi connectivity index (χ0n) is 14.3. The number of ether oxygens (including phenoxy) is 2. The fraction of sp³-hybridized carbons (Fsp3) is 0.350. The standard InChI is InChI=1S/C20H21ClO4/c1-20(2)11-14-9-16(21)10-15(19(14)25-20)12-24-17-6-3-13(4-7-17)5-8-18(22)23/h3-4,6-7,9-10H,5,8,11-12H2,1-2H3,(H,22,23). The highest BCUT2D eigenvalue weighted by Gasteiger charge is 2.32. The molecule has 1 aliphatic rings. The average molecular weight is 361 g/mol. The molecule has 0 bridgehead atoms. The number of aliphatic carboxylic acids is 1. The van der Waals surface area contributed by atoms with Crippen LogP contribution in [0.3, 0.4) is 0 Å². The minimum atomic E-state index is -0.793. The van der Waals surface area contributed by atoms with E-state index in [0.717, 1.165) is 34.6 Å². The Morgan fingerprint density at radius 1 is 1.28 bits per heavy atom. The minimum Gasteiger partial charge on any atom is -0.489 e. The molecule has 0 saturated carbocycles. The highest BCUT2D eigenvalue weighted by molar-refractivity contribution is 6.30. The van der Waals surface area contributed by atoms with Gasteiger partial charge in [-0.3, -0.25) is 4.79 Å². The summed E-state index contributed by atoms with van der Waals surface area (Å²) in [7, 11) is 0. The van der Waals surface area contributed by atoms with Crippen molar-refractivity contribution >= 4 is 17.6 Å². The van der Waals surface area contributed by atoms with E-state index in [1.165, 1.54) is 0 Å². The second-order valence-corrected chi connectivity index (χ2v) is 7.35. The van der Waals surface area contributed by atoms with Crippen molar-refractivity contribution in [1.82, 2.24) is 0 Å². The Morgan fingerprint density at radius 3 is 2.68 bits per heavy atom. The van der Waals surface area contributed by atoms with Gasteiger partial charge in [0.1, 0.15) is 23.7 Å². The van der Waals surface area contributed by atoms with Crippen LogP contribution in [0.2, 0.25) is 5.02 Å². The average Bonchev–Trinajstić information content (AvgIpc) is 2.85. The van der Waals surface area contributed by atoms with E-state index in [-0.39, 0.29) is 12.0 Å². The summed E-state index contributed by atoms with van der Waals surface area (Å²) in [6.45, 7) is 4.48. The summed E-state index contributed by atoms with van der Waals surface area (Å²) in [5.74, 6) is 0.801. The smallest absolute Gasteiger partial charge is 0.303 e. The second kappa shape index (κ2) is 6.96. The van der Waals surface area contributed by atoms with Gasteiger partial charge in [-0.15, -0.1) is 0 Å². The summed E-state index contributed by atoms with van der Waals surface area (Å²) >= 11 is 6.23. The van der Waals surface area contributed by atoms with Crippen molar-refractivity contribution in [3.63, 3.8) is 0 Å². The molecule has 0 atom stereocenters. The van der Waals surface area contributed by atoms with Gasteiger partial charge in [0, 0.05) is 23.4 Å². The fourth-order valence-electron chi connectivity index (χ4n) is 3.02. The minimum absolute atomic E-state index is 0.127. The van der Waals surface area contributed by atoms with Crippen LogP contribution in [0.4, 0.5) is 0 Å². The number of aryl methyl sites for hydroxylation is 1. The third-order valence-electron chi connectivity index (χ3n) is 4.15. The summed E-state index contributed by atoms with van der Waals surface area (Å²) < 4.78 is 11.9. The largest absolute Gasteiger partial charge is 0.489 e. The van der Waals surface area contributed by atoms with E-state index in [9.17, 15) is 4.79 Å². The third-order valence-corrected chi connectivity index (χ3v) is 4.37. The molecule has 0 amide bonds. The van der Waals surface area contributed by atoms with Gasteiger partial charge in [0.2, 0.25) is 0 Å². The van der Waals surface area contributed by atoms with Crippen molar-refractivity contribution < 1.29 is 19.4 Å². The molecule has 0 aliphatic carbocycles. The maximum atomic E-state index is 10.6. The molecular formula is C20H21ClO4. The topological polar surface area (TPSA) is 55.8 Å². The van der Waals surface area contributed by atoms with E-state index in [2.05, 4.69) is 13.8 Å². The zero-order chi connectivity index (χ0) is 18.0. The number of carbonyl (C=O) groups is 1. The number of carboxylic acids is 1. The van der Waals surface area contributed by atoms with Crippen LogP contribution in [-0.2, 0) is 24.2 Å². The summed E-state index contributed by atoms with van der Waals surface area (Å²) in [6, 6.07) is 11.3. The molecule has 2 aromatic rings. The Bertz CT molecular complexity index is 781. The van der Waals surface area contributed by atoms with Gasteiger partial charge in [0.25, 0.3) is 0 Å². The van der Waals surface area contributed by atoms with E-state index in [1.807, 2.05) is 36.4 Å². The van der Waals surface area contributed by atoms with Crippen LogP contribution in [0.25, 0.3) is 0 Å². The Kier molecular flexibility index (Phi) is 4.91. The molecule has 1 heterocycles. The first-order valence-electron chi connectivity index (χ1n) is 8.26. The number of hydrogen-bond donors (Lipinski definition) is 1. The molecule has 2 aromatic carbocycles. The molecule has 0 spiro atoms. The molecule has 132 valence electrons. The highest BCUT2D eigenvalue weighted by atomic mass is 35.5. The number of carboxylic acid groups (broad SMARTS) is 1. The van der Waals surface area contributed by atoms with Gasteiger partial charge in [-0.05, 0) is 55.7 Å². The van der Waals surface area contributed by atoms with Gasteiger partial charge in [0.05, 0.1) is 0 Å². The van der Waals surface area contributed by atoms with Crippen molar-refractivity contribution in [1.29, 1.82) is 0 Å². The molecule has 3 rings (SSSR count). The van der Waals surface area contributed by atoms with Crippen molar-refractivity contribution in [2.75, 3.05) is 0 Å². The van der Waals surface area contributed by atoms with Gasteiger partial charge in [-0.25, -0.2) is 0 Å².